The Kier molecular flexibility index (Phi) is 3.77. The molecular formula is C11H13Cl2NO2. The standard InChI is InChI=1S/C11H13Cl2NO2/c12-7-8-3-5-14(6-4-8)11(15)9-1-2-10(13)16-9/h1-2,8H,3-7H2. The first kappa shape index (κ1) is 11.8. The van der Waals surface area contributed by atoms with Gasteiger partial charge in [-0.25, -0.2) is 0 Å². The van der Waals surface area contributed by atoms with Crippen LogP contribution in [0.5, 0.6) is 0 Å². The summed E-state index contributed by atoms with van der Waals surface area (Å²) in [7, 11) is 0. The molecule has 1 aliphatic rings. The Hall–Kier alpha value is -0.670. The molecular weight excluding hydrogens is 249 g/mol. The lowest BCUT2D eigenvalue weighted by Gasteiger charge is -2.30. The Morgan fingerprint density at radius 3 is 2.62 bits per heavy atom. The number of hydrogen-bond donors (Lipinski definition) is 0. The van der Waals surface area contributed by atoms with Gasteiger partial charge in [-0.05, 0) is 42.5 Å². The zero-order chi connectivity index (χ0) is 11.5. The van der Waals surface area contributed by atoms with Crippen LogP contribution in [0.1, 0.15) is 23.4 Å². The van der Waals surface area contributed by atoms with E-state index in [9.17, 15) is 4.79 Å². The van der Waals surface area contributed by atoms with E-state index in [1.807, 2.05) is 0 Å². The van der Waals surface area contributed by atoms with Gasteiger partial charge < -0.3 is 9.32 Å². The van der Waals surface area contributed by atoms with Crippen LogP contribution in [0, 0.1) is 5.92 Å². The molecule has 1 aromatic heterocycles. The van der Waals surface area contributed by atoms with Gasteiger partial charge in [0.1, 0.15) is 0 Å². The first-order valence-electron chi connectivity index (χ1n) is 5.31. The number of piperidine rings is 1. The number of nitrogens with zero attached hydrogens (tertiary/aromatic N) is 1. The fourth-order valence-corrected chi connectivity index (χ4v) is 2.33. The molecule has 0 bridgehead atoms. The molecule has 1 fully saturated rings. The van der Waals surface area contributed by atoms with E-state index in [1.54, 1.807) is 17.0 Å². The van der Waals surface area contributed by atoms with Gasteiger partial charge in [-0.3, -0.25) is 4.79 Å². The predicted molar refractivity (Wildman–Crippen MR) is 63.1 cm³/mol. The van der Waals surface area contributed by atoms with Crippen molar-refractivity contribution in [1.29, 1.82) is 0 Å². The molecule has 1 amide bonds. The molecule has 1 aliphatic heterocycles. The molecule has 0 aliphatic carbocycles. The van der Waals surface area contributed by atoms with Crippen molar-refractivity contribution in [2.75, 3.05) is 19.0 Å². The van der Waals surface area contributed by atoms with Crippen LogP contribution in [0.3, 0.4) is 0 Å². The molecule has 2 rings (SSSR count). The second kappa shape index (κ2) is 5.11. The maximum atomic E-state index is 11.9. The highest BCUT2D eigenvalue weighted by Gasteiger charge is 2.24. The summed E-state index contributed by atoms with van der Waals surface area (Å²) in [4.78, 5) is 13.7. The van der Waals surface area contributed by atoms with E-state index < -0.39 is 0 Å². The summed E-state index contributed by atoms with van der Waals surface area (Å²) < 4.78 is 5.10. The van der Waals surface area contributed by atoms with Gasteiger partial charge in [0.25, 0.3) is 5.91 Å². The van der Waals surface area contributed by atoms with Gasteiger partial charge in [0.15, 0.2) is 11.0 Å². The number of carbonyl (C=O) groups excluding carboxylic acids is 1. The van der Waals surface area contributed by atoms with Gasteiger partial charge in [-0.1, -0.05) is 0 Å². The normalized spacial score (nSPS) is 17.8. The quantitative estimate of drug-likeness (QED) is 0.767. The van der Waals surface area contributed by atoms with Crippen molar-refractivity contribution in [3.63, 3.8) is 0 Å². The predicted octanol–water partition coefficient (Wildman–Crippen LogP) is 3.02. The Bertz CT molecular complexity index is 370. The smallest absolute Gasteiger partial charge is 0.289 e. The average Bonchev–Trinajstić information content (AvgIpc) is 2.75. The first-order valence-corrected chi connectivity index (χ1v) is 6.22. The van der Waals surface area contributed by atoms with Gasteiger partial charge in [0.2, 0.25) is 0 Å². The van der Waals surface area contributed by atoms with Crippen molar-refractivity contribution in [2.45, 2.75) is 12.8 Å². The highest BCUT2D eigenvalue weighted by atomic mass is 35.5. The van der Waals surface area contributed by atoms with Crippen LogP contribution < -0.4 is 0 Å². The van der Waals surface area contributed by atoms with Crippen LogP contribution in [-0.2, 0) is 0 Å². The summed E-state index contributed by atoms with van der Waals surface area (Å²) in [5.41, 5.74) is 0. The molecule has 1 saturated heterocycles. The molecule has 0 radical (unpaired) electrons. The summed E-state index contributed by atoms with van der Waals surface area (Å²) in [6.45, 7) is 1.49. The van der Waals surface area contributed by atoms with Gasteiger partial charge >= 0.3 is 0 Å². The van der Waals surface area contributed by atoms with Crippen LogP contribution >= 0.6 is 23.2 Å². The maximum Gasteiger partial charge on any atom is 0.289 e. The van der Waals surface area contributed by atoms with Crippen LogP contribution in [0.4, 0.5) is 0 Å². The Labute approximate surface area is 104 Å². The zero-order valence-corrected chi connectivity index (χ0v) is 10.3. The lowest BCUT2D eigenvalue weighted by Crippen LogP contribution is -2.38. The molecule has 0 unspecified atom stereocenters. The van der Waals surface area contributed by atoms with E-state index in [1.165, 1.54) is 0 Å². The fourth-order valence-electron chi connectivity index (χ4n) is 1.88. The van der Waals surface area contributed by atoms with Crippen molar-refractivity contribution in [3.8, 4) is 0 Å². The minimum atomic E-state index is -0.0834. The second-order valence-corrected chi connectivity index (χ2v) is 4.67. The molecule has 3 nitrogen and oxygen atoms in total. The van der Waals surface area contributed by atoms with Crippen molar-refractivity contribution < 1.29 is 9.21 Å². The van der Waals surface area contributed by atoms with Crippen molar-refractivity contribution >= 4 is 29.1 Å². The van der Waals surface area contributed by atoms with E-state index in [2.05, 4.69) is 0 Å². The number of alkyl halides is 1. The van der Waals surface area contributed by atoms with Crippen LogP contribution in [-0.4, -0.2) is 29.8 Å². The van der Waals surface area contributed by atoms with Crippen LogP contribution in [0.25, 0.3) is 0 Å². The summed E-state index contributed by atoms with van der Waals surface area (Å²) in [6.07, 6.45) is 1.92. The summed E-state index contributed by atoms with van der Waals surface area (Å²) in [5.74, 6) is 1.44. The van der Waals surface area contributed by atoms with Crippen molar-refractivity contribution in [2.24, 2.45) is 5.92 Å². The number of halogens is 2. The molecule has 0 aromatic carbocycles. The second-order valence-electron chi connectivity index (χ2n) is 3.99. The molecule has 0 spiro atoms. The maximum absolute atomic E-state index is 11.9. The van der Waals surface area contributed by atoms with Crippen LogP contribution in [0.2, 0.25) is 5.22 Å². The van der Waals surface area contributed by atoms with Crippen molar-refractivity contribution in [3.05, 3.63) is 23.1 Å². The lowest BCUT2D eigenvalue weighted by atomic mass is 9.99. The lowest BCUT2D eigenvalue weighted by molar-refractivity contribution is 0.0666. The van der Waals surface area contributed by atoms with Gasteiger partial charge in [0.05, 0.1) is 0 Å². The molecule has 88 valence electrons. The number of amides is 1. The first-order chi connectivity index (χ1) is 7.70. The number of likely N-dealkylation sites (tertiary alicyclic amines) is 1. The monoisotopic (exact) mass is 261 g/mol. The number of rotatable bonds is 2. The third-order valence-corrected chi connectivity index (χ3v) is 3.54. The number of hydrogen-bond acceptors (Lipinski definition) is 2. The summed E-state index contributed by atoms with van der Waals surface area (Å²) >= 11 is 11.4. The molecule has 0 N–H and O–H groups in total. The zero-order valence-electron chi connectivity index (χ0n) is 8.79. The van der Waals surface area contributed by atoms with E-state index in [-0.39, 0.29) is 11.1 Å². The Balaban J connectivity index is 1.96. The number of furan rings is 1. The highest BCUT2D eigenvalue weighted by molar-refractivity contribution is 6.29. The topological polar surface area (TPSA) is 33.5 Å². The van der Waals surface area contributed by atoms with E-state index in [0.717, 1.165) is 25.9 Å². The minimum Gasteiger partial charge on any atom is -0.440 e. The highest BCUT2D eigenvalue weighted by Crippen LogP contribution is 2.21. The average molecular weight is 262 g/mol. The van der Waals surface area contributed by atoms with Gasteiger partial charge in [-0.2, -0.15) is 0 Å². The Morgan fingerprint density at radius 2 is 2.12 bits per heavy atom. The third-order valence-electron chi connectivity index (χ3n) is 2.90. The Morgan fingerprint density at radius 1 is 1.44 bits per heavy atom. The molecule has 0 saturated carbocycles. The van der Waals surface area contributed by atoms with Crippen molar-refractivity contribution in [1.82, 2.24) is 4.90 Å². The fraction of sp³-hybridized carbons (Fsp3) is 0.545. The SMILES string of the molecule is O=C(c1ccc(Cl)o1)N1CCC(CCl)CC1. The molecule has 0 atom stereocenters. The van der Waals surface area contributed by atoms with E-state index >= 15 is 0 Å². The molecule has 1 aromatic rings. The van der Waals surface area contributed by atoms with Gasteiger partial charge in [-0.15, -0.1) is 11.6 Å². The summed E-state index contributed by atoms with van der Waals surface area (Å²) in [6, 6.07) is 3.19. The minimum absolute atomic E-state index is 0.0834. The molecule has 16 heavy (non-hydrogen) atoms. The van der Waals surface area contributed by atoms with Gasteiger partial charge in [0, 0.05) is 19.0 Å². The van der Waals surface area contributed by atoms with E-state index in [4.69, 9.17) is 27.6 Å². The molecule has 5 heteroatoms. The van der Waals surface area contributed by atoms with Crippen LogP contribution in [0.15, 0.2) is 16.5 Å². The largest absolute Gasteiger partial charge is 0.440 e. The molecule has 2 heterocycles. The number of carbonyl (C=O) groups is 1. The summed E-state index contributed by atoms with van der Waals surface area (Å²) in [5, 5.41) is 0.249. The third kappa shape index (κ3) is 2.53. The van der Waals surface area contributed by atoms with E-state index in [0.29, 0.717) is 17.6 Å².